The molecule has 2 rings (SSSR count). The second-order valence-electron chi connectivity index (χ2n) is 4.56. The molecule has 0 amide bonds. The Balaban J connectivity index is 2.44. The van der Waals surface area contributed by atoms with Crippen molar-refractivity contribution in [3.63, 3.8) is 0 Å². The van der Waals surface area contributed by atoms with E-state index in [4.69, 9.17) is 19.7 Å². The molecule has 0 aliphatic rings. The summed E-state index contributed by atoms with van der Waals surface area (Å²) in [4.78, 5) is 4.39. The first-order chi connectivity index (χ1) is 9.60. The number of aromatic nitrogens is 2. The minimum absolute atomic E-state index is 0.244. The number of hydrogen-bond donors (Lipinski definition) is 1. The highest BCUT2D eigenvalue weighted by Crippen LogP contribution is 2.36. The first-order valence-corrected chi connectivity index (χ1v) is 6.46. The monoisotopic (exact) mass is 277 g/mol. The smallest absolute Gasteiger partial charge is 0.260 e. The van der Waals surface area contributed by atoms with Crippen LogP contribution in [0.5, 0.6) is 11.5 Å². The van der Waals surface area contributed by atoms with Gasteiger partial charge in [-0.25, -0.2) is 0 Å². The van der Waals surface area contributed by atoms with Crippen molar-refractivity contribution in [1.29, 1.82) is 0 Å². The third kappa shape index (κ3) is 2.54. The van der Waals surface area contributed by atoms with Crippen LogP contribution in [0, 0.1) is 0 Å². The van der Waals surface area contributed by atoms with Crippen molar-refractivity contribution in [1.82, 2.24) is 10.1 Å². The lowest BCUT2D eigenvalue weighted by Gasteiger charge is -2.10. The Morgan fingerprint density at radius 2 is 1.90 bits per heavy atom. The van der Waals surface area contributed by atoms with Gasteiger partial charge in [-0.1, -0.05) is 19.0 Å². The zero-order chi connectivity index (χ0) is 14.7. The van der Waals surface area contributed by atoms with Crippen molar-refractivity contribution in [3.8, 4) is 23.0 Å². The SMILES string of the molecule is CCC(C)c1noc(-c2cc(OC)c(OC)cc2N)n1. The molecule has 1 aromatic carbocycles. The summed E-state index contributed by atoms with van der Waals surface area (Å²) in [6.45, 7) is 4.12. The van der Waals surface area contributed by atoms with E-state index in [1.54, 1.807) is 26.4 Å². The van der Waals surface area contributed by atoms with Gasteiger partial charge in [-0.3, -0.25) is 0 Å². The Kier molecular flexibility index (Phi) is 4.12. The number of nitrogens with two attached hydrogens (primary N) is 1. The number of hydrogen-bond acceptors (Lipinski definition) is 6. The fraction of sp³-hybridized carbons (Fsp3) is 0.429. The molecule has 6 nitrogen and oxygen atoms in total. The summed E-state index contributed by atoms with van der Waals surface area (Å²) in [5, 5.41) is 3.99. The number of ether oxygens (including phenoxy) is 2. The number of nitrogens with zero attached hydrogens (tertiary/aromatic N) is 2. The van der Waals surface area contributed by atoms with Gasteiger partial charge in [0.25, 0.3) is 5.89 Å². The van der Waals surface area contributed by atoms with Crippen LogP contribution in [0.3, 0.4) is 0 Å². The summed E-state index contributed by atoms with van der Waals surface area (Å²) < 4.78 is 15.7. The van der Waals surface area contributed by atoms with Crippen molar-refractivity contribution in [2.75, 3.05) is 20.0 Å². The van der Waals surface area contributed by atoms with Crippen LogP contribution in [-0.4, -0.2) is 24.4 Å². The van der Waals surface area contributed by atoms with Gasteiger partial charge < -0.3 is 19.7 Å². The van der Waals surface area contributed by atoms with Gasteiger partial charge in [0.1, 0.15) is 0 Å². The maximum Gasteiger partial charge on any atom is 0.260 e. The number of methoxy groups -OCH3 is 2. The fourth-order valence-electron chi connectivity index (χ4n) is 1.81. The Bertz CT molecular complexity index is 595. The van der Waals surface area contributed by atoms with E-state index in [1.807, 2.05) is 6.92 Å². The van der Waals surface area contributed by atoms with E-state index < -0.39 is 0 Å². The second kappa shape index (κ2) is 5.81. The largest absolute Gasteiger partial charge is 0.493 e. The van der Waals surface area contributed by atoms with Gasteiger partial charge in [-0.05, 0) is 12.5 Å². The minimum Gasteiger partial charge on any atom is -0.493 e. The van der Waals surface area contributed by atoms with Crippen LogP contribution in [0.4, 0.5) is 5.69 Å². The zero-order valence-corrected chi connectivity index (χ0v) is 12.1. The van der Waals surface area contributed by atoms with E-state index in [-0.39, 0.29) is 5.92 Å². The predicted octanol–water partition coefficient (Wildman–Crippen LogP) is 2.85. The van der Waals surface area contributed by atoms with E-state index in [9.17, 15) is 0 Å². The summed E-state index contributed by atoms with van der Waals surface area (Å²) in [5.41, 5.74) is 7.15. The van der Waals surface area contributed by atoms with Crippen LogP contribution in [0.15, 0.2) is 16.7 Å². The molecule has 108 valence electrons. The average Bonchev–Trinajstić information content (AvgIpc) is 2.95. The van der Waals surface area contributed by atoms with Crippen LogP contribution in [0.2, 0.25) is 0 Å². The lowest BCUT2D eigenvalue weighted by Crippen LogP contribution is -1.97. The topological polar surface area (TPSA) is 83.4 Å². The third-order valence-electron chi connectivity index (χ3n) is 3.28. The number of nitrogen functional groups attached to an aromatic ring is 1. The first kappa shape index (κ1) is 14.2. The van der Waals surface area contributed by atoms with Crippen LogP contribution in [0.1, 0.15) is 32.0 Å². The van der Waals surface area contributed by atoms with Crippen molar-refractivity contribution in [2.45, 2.75) is 26.2 Å². The number of rotatable bonds is 5. The van der Waals surface area contributed by atoms with Gasteiger partial charge in [-0.2, -0.15) is 4.98 Å². The third-order valence-corrected chi connectivity index (χ3v) is 3.28. The molecule has 2 aromatic rings. The van der Waals surface area contributed by atoms with Crippen molar-refractivity contribution in [2.24, 2.45) is 0 Å². The maximum absolute atomic E-state index is 6.01. The normalized spacial score (nSPS) is 12.2. The summed E-state index contributed by atoms with van der Waals surface area (Å²) in [5.74, 6) is 2.44. The Hall–Kier alpha value is -2.24. The van der Waals surface area contributed by atoms with Crippen molar-refractivity contribution >= 4 is 5.69 Å². The van der Waals surface area contributed by atoms with E-state index in [0.717, 1.165) is 6.42 Å². The molecule has 1 heterocycles. The molecule has 6 heteroatoms. The lowest BCUT2D eigenvalue weighted by molar-refractivity contribution is 0.355. The van der Waals surface area contributed by atoms with Gasteiger partial charge in [0.05, 0.1) is 19.8 Å². The summed E-state index contributed by atoms with van der Waals surface area (Å²) in [7, 11) is 3.13. The molecule has 0 aliphatic carbocycles. The highest BCUT2D eigenvalue weighted by Gasteiger charge is 2.18. The second-order valence-corrected chi connectivity index (χ2v) is 4.56. The van der Waals surface area contributed by atoms with Crippen LogP contribution in [0.25, 0.3) is 11.5 Å². The van der Waals surface area contributed by atoms with Crippen molar-refractivity contribution < 1.29 is 14.0 Å². The van der Waals surface area contributed by atoms with E-state index in [2.05, 4.69) is 17.1 Å². The van der Waals surface area contributed by atoms with E-state index in [0.29, 0.717) is 34.5 Å². The van der Waals surface area contributed by atoms with Gasteiger partial charge >= 0.3 is 0 Å². The quantitative estimate of drug-likeness (QED) is 0.846. The minimum atomic E-state index is 0.244. The fourth-order valence-corrected chi connectivity index (χ4v) is 1.81. The molecule has 20 heavy (non-hydrogen) atoms. The first-order valence-electron chi connectivity index (χ1n) is 6.46. The number of benzene rings is 1. The molecule has 1 atom stereocenters. The van der Waals surface area contributed by atoms with Crippen molar-refractivity contribution in [3.05, 3.63) is 18.0 Å². The van der Waals surface area contributed by atoms with Gasteiger partial charge in [0.2, 0.25) is 0 Å². The van der Waals surface area contributed by atoms with Gasteiger partial charge in [-0.15, -0.1) is 0 Å². The van der Waals surface area contributed by atoms with E-state index >= 15 is 0 Å². The molecular weight excluding hydrogens is 258 g/mol. The number of anilines is 1. The molecule has 0 bridgehead atoms. The summed E-state index contributed by atoms with van der Waals surface area (Å²) in [6.07, 6.45) is 0.945. The van der Waals surface area contributed by atoms with Crippen LogP contribution < -0.4 is 15.2 Å². The molecule has 0 spiro atoms. The lowest BCUT2D eigenvalue weighted by atomic mass is 10.1. The highest BCUT2D eigenvalue weighted by molar-refractivity contribution is 5.75. The summed E-state index contributed by atoms with van der Waals surface area (Å²) in [6, 6.07) is 3.42. The molecule has 1 unspecified atom stereocenters. The Morgan fingerprint density at radius 3 is 2.50 bits per heavy atom. The molecule has 0 saturated heterocycles. The molecule has 0 fully saturated rings. The van der Waals surface area contributed by atoms with Gasteiger partial charge in [0.15, 0.2) is 17.3 Å². The predicted molar refractivity (Wildman–Crippen MR) is 76.0 cm³/mol. The Labute approximate surface area is 117 Å². The highest BCUT2D eigenvalue weighted by atomic mass is 16.5. The molecule has 0 saturated carbocycles. The zero-order valence-electron chi connectivity index (χ0n) is 12.1. The molecule has 0 aliphatic heterocycles. The van der Waals surface area contributed by atoms with Crippen LogP contribution in [-0.2, 0) is 0 Å². The molecule has 1 aromatic heterocycles. The molecule has 2 N–H and O–H groups in total. The van der Waals surface area contributed by atoms with Crippen LogP contribution >= 0.6 is 0 Å². The Morgan fingerprint density at radius 1 is 1.25 bits per heavy atom. The standard InChI is InChI=1S/C14H19N3O3/c1-5-8(2)13-16-14(20-17-13)9-6-11(18-3)12(19-4)7-10(9)15/h6-8H,5,15H2,1-4H3. The van der Waals surface area contributed by atoms with Gasteiger partial charge in [0, 0.05) is 17.7 Å². The molecular formula is C14H19N3O3. The molecule has 0 radical (unpaired) electrons. The average molecular weight is 277 g/mol. The maximum atomic E-state index is 6.01. The summed E-state index contributed by atoms with van der Waals surface area (Å²) >= 11 is 0. The van der Waals surface area contributed by atoms with E-state index in [1.165, 1.54) is 0 Å².